The second-order valence-electron chi connectivity index (χ2n) is 6.69. The van der Waals surface area contributed by atoms with E-state index in [2.05, 4.69) is 0 Å². The Labute approximate surface area is 150 Å². The molecule has 1 N–H and O–H groups in total. The maximum absolute atomic E-state index is 12.4. The van der Waals surface area contributed by atoms with E-state index in [0.717, 1.165) is 5.56 Å². The molecule has 1 amide bonds. The van der Waals surface area contributed by atoms with E-state index in [-0.39, 0.29) is 19.1 Å². The minimum absolute atomic E-state index is 0.191. The van der Waals surface area contributed by atoms with E-state index in [1.165, 1.54) is 11.0 Å². The van der Waals surface area contributed by atoms with Crippen LogP contribution in [0, 0.1) is 19.8 Å². The summed E-state index contributed by atoms with van der Waals surface area (Å²) in [4.78, 5) is 36.7. The van der Waals surface area contributed by atoms with Gasteiger partial charge in [0.1, 0.15) is 11.3 Å². The lowest BCUT2D eigenvalue weighted by Crippen LogP contribution is -2.44. The van der Waals surface area contributed by atoms with Gasteiger partial charge in [-0.3, -0.25) is 9.59 Å². The van der Waals surface area contributed by atoms with Gasteiger partial charge < -0.3 is 19.2 Å². The largest absolute Gasteiger partial charge is 0.483 e. The molecule has 1 fully saturated rings. The van der Waals surface area contributed by atoms with Gasteiger partial charge in [-0.15, -0.1) is 0 Å². The van der Waals surface area contributed by atoms with Crippen LogP contribution < -0.4 is 10.4 Å². The Morgan fingerprint density at radius 1 is 1.31 bits per heavy atom. The van der Waals surface area contributed by atoms with Crippen molar-refractivity contribution in [3.63, 3.8) is 0 Å². The summed E-state index contributed by atoms with van der Waals surface area (Å²) in [6.45, 7) is 4.18. The fourth-order valence-electron chi connectivity index (χ4n) is 3.33. The summed E-state index contributed by atoms with van der Waals surface area (Å²) in [6.07, 6.45) is 1.25. The average Bonchev–Trinajstić information content (AvgIpc) is 2.58. The number of benzene rings is 1. The third-order valence-electron chi connectivity index (χ3n) is 4.62. The highest BCUT2D eigenvalue weighted by molar-refractivity contribution is 5.88. The SMILES string of the molecule is Cc1cc(OCC(=O)N2CCC[C@H](C(=O)O)C2)c2c(C)cc(=O)oc2c1. The average molecular weight is 359 g/mol. The molecule has 1 saturated heterocycles. The maximum atomic E-state index is 12.4. The smallest absolute Gasteiger partial charge is 0.336 e. The Hall–Kier alpha value is -2.83. The molecule has 1 aromatic carbocycles. The summed E-state index contributed by atoms with van der Waals surface area (Å²) in [7, 11) is 0. The monoisotopic (exact) mass is 359 g/mol. The van der Waals surface area contributed by atoms with Crippen molar-refractivity contribution in [3.05, 3.63) is 39.7 Å². The van der Waals surface area contributed by atoms with Crippen LogP contribution >= 0.6 is 0 Å². The molecule has 1 atom stereocenters. The highest BCUT2D eigenvalue weighted by Gasteiger charge is 2.28. The second kappa shape index (κ2) is 7.19. The molecule has 1 aromatic heterocycles. The molecule has 1 aliphatic rings. The first-order chi connectivity index (χ1) is 12.3. The number of aliphatic carboxylic acids is 1. The number of amides is 1. The van der Waals surface area contributed by atoms with E-state index in [1.807, 2.05) is 6.92 Å². The van der Waals surface area contributed by atoms with E-state index in [4.69, 9.17) is 14.3 Å². The minimum Gasteiger partial charge on any atom is -0.483 e. The Morgan fingerprint density at radius 2 is 2.08 bits per heavy atom. The maximum Gasteiger partial charge on any atom is 0.336 e. The Balaban J connectivity index is 1.78. The molecular formula is C19H21NO6. The lowest BCUT2D eigenvalue weighted by atomic mass is 9.98. The number of carbonyl (C=O) groups is 2. The zero-order chi connectivity index (χ0) is 18.8. The van der Waals surface area contributed by atoms with Crippen LogP contribution in [0.5, 0.6) is 5.75 Å². The van der Waals surface area contributed by atoms with Gasteiger partial charge in [0.05, 0.1) is 11.3 Å². The number of hydrogen-bond acceptors (Lipinski definition) is 5. The van der Waals surface area contributed by atoms with Crippen LogP contribution in [-0.2, 0) is 9.59 Å². The van der Waals surface area contributed by atoms with Gasteiger partial charge in [0, 0.05) is 19.2 Å². The second-order valence-corrected chi connectivity index (χ2v) is 6.69. The number of carboxylic acid groups (broad SMARTS) is 1. The van der Waals surface area contributed by atoms with Crippen LogP contribution in [0.1, 0.15) is 24.0 Å². The van der Waals surface area contributed by atoms with Gasteiger partial charge in [-0.25, -0.2) is 4.79 Å². The number of aryl methyl sites for hydroxylation is 2. The van der Waals surface area contributed by atoms with E-state index < -0.39 is 17.5 Å². The number of likely N-dealkylation sites (tertiary alicyclic amines) is 1. The van der Waals surface area contributed by atoms with Gasteiger partial charge in [0.25, 0.3) is 5.91 Å². The minimum atomic E-state index is -0.876. The highest BCUT2D eigenvalue weighted by atomic mass is 16.5. The number of hydrogen-bond donors (Lipinski definition) is 1. The quantitative estimate of drug-likeness (QED) is 0.840. The van der Waals surface area contributed by atoms with Crippen molar-refractivity contribution in [1.29, 1.82) is 0 Å². The van der Waals surface area contributed by atoms with Crippen molar-refractivity contribution >= 4 is 22.8 Å². The molecule has 26 heavy (non-hydrogen) atoms. The molecule has 1 aliphatic heterocycles. The first-order valence-corrected chi connectivity index (χ1v) is 8.53. The van der Waals surface area contributed by atoms with Crippen LogP contribution in [0.3, 0.4) is 0 Å². The molecule has 138 valence electrons. The van der Waals surface area contributed by atoms with Crippen molar-refractivity contribution in [2.75, 3.05) is 19.7 Å². The number of carbonyl (C=O) groups excluding carboxylic acids is 1. The zero-order valence-corrected chi connectivity index (χ0v) is 14.8. The van der Waals surface area contributed by atoms with Crippen molar-refractivity contribution < 1.29 is 23.8 Å². The van der Waals surface area contributed by atoms with Crippen LogP contribution in [0.25, 0.3) is 11.0 Å². The van der Waals surface area contributed by atoms with Crippen LogP contribution in [-0.4, -0.2) is 41.6 Å². The molecular weight excluding hydrogens is 338 g/mol. The van der Waals surface area contributed by atoms with E-state index in [9.17, 15) is 14.4 Å². The third kappa shape index (κ3) is 3.71. The lowest BCUT2D eigenvalue weighted by molar-refractivity contribution is -0.146. The summed E-state index contributed by atoms with van der Waals surface area (Å²) >= 11 is 0. The zero-order valence-electron chi connectivity index (χ0n) is 14.8. The molecule has 2 aromatic rings. The summed E-state index contributed by atoms with van der Waals surface area (Å²) in [5, 5.41) is 9.80. The molecule has 7 nitrogen and oxygen atoms in total. The predicted molar refractivity (Wildman–Crippen MR) is 94.4 cm³/mol. The molecule has 0 unspecified atom stereocenters. The lowest BCUT2D eigenvalue weighted by Gasteiger charge is -2.30. The number of piperidine rings is 1. The van der Waals surface area contributed by atoms with Crippen molar-refractivity contribution in [2.24, 2.45) is 5.92 Å². The topological polar surface area (TPSA) is 97.0 Å². The first kappa shape index (κ1) is 18.0. The molecule has 0 saturated carbocycles. The van der Waals surface area contributed by atoms with Gasteiger partial charge in [-0.05, 0) is 49.9 Å². The number of ether oxygens (including phenoxy) is 1. The molecule has 0 spiro atoms. The van der Waals surface area contributed by atoms with Gasteiger partial charge in [-0.2, -0.15) is 0 Å². The van der Waals surface area contributed by atoms with Gasteiger partial charge >= 0.3 is 11.6 Å². The summed E-state index contributed by atoms with van der Waals surface area (Å²) in [5.74, 6) is -1.18. The van der Waals surface area contributed by atoms with Crippen LogP contribution in [0.2, 0.25) is 0 Å². The van der Waals surface area contributed by atoms with E-state index >= 15 is 0 Å². The Bertz CT molecular complexity index is 916. The number of carboxylic acids is 1. The summed E-state index contributed by atoms with van der Waals surface area (Å²) in [5.41, 5.74) is 1.54. The summed E-state index contributed by atoms with van der Waals surface area (Å²) in [6, 6.07) is 4.92. The van der Waals surface area contributed by atoms with Gasteiger partial charge in [0.2, 0.25) is 0 Å². The van der Waals surface area contributed by atoms with Crippen LogP contribution in [0.15, 0.2) is 27.4 Å². The molecule has 7 heteroatoms. The summed E-state index contributed by atoms with van der Waals surface area (Å²) < 4.78 is 11.0. The van der Waals surface area contributed by atoms with E-state index in [1.54, 1.807) is 19.1 Å². The fourth-order valence-corrected chi connectivity index (χ4v) is 3.33. The molecule has 0 aliphatic carbocycles. The molecule has 0 radical (unpaired) electrons. The Kier molecular flexibility index (Phi) is 4.97. The third-order valence-corrected chi connectivity index (χ3v) is 4.62. The predicted octanol–water partition coefficient (Wildman–Crippen LogP) is 2.11. The number of rotatable bonds is 4. The normalized spacial score (nSPS) is 17.3. The van der Waals surface area contributed by atoms with Crippen LogP contribution in [0.4, 0.5) is 0 Å². The fraction of sp³-hybridized carbons (Fsp3) is 0.421. The Morgan fingerprint density at radius 3 is 2.81 bits per heavy atom. The van der Waals surface area contributed by atoms with Gasteiger partial charge in [-0.1, -0.05) is 0 Å². The molecule has 0 bridgehead atoms. The highest BCUT2D eigenvalue weighted by Crippen LogP contribution is 2.29. The molecule has 2 heterocycles. The van der Waals surface area contributed by atoms with Crippen molar-refractivity contribution in [2.45, 2.75) is 26.7 Å². The van der Waals surface area contributed by atoms with Crippen molar-refractivity contribution in [3.8, 4) is 5.75 Å². The van der Waals surface area contributed by atoms with Gasteiger partial charge in [0.15, 0.2) is 6.61 Å². The van der Waals surface area contributed by atoms with Crippen molar-refractivity contribution in [1.82, 2.24) is 4.90 Å². The number of nitrogens with zero attached hydrogens (tertiary/aromatic N) is 1. The standard InChI is InChI=1S/C19H21NO6/c1-11-6-14(18-12(2)8-17(22)26-15(18)7-11)25-10-16(21)20-5-3-4-13(9-20)19(23)24/h6-8,13H,3-5,9-10H2,1-2H3,(H,23,24)/t13-/m0/s1. The van der Waals surface area contributed by atoms with E-state index in [0.29, 0.717) is 41.7 Å². The first-order valence-electron chi connectivity index (χ1n) is 8.53. The number of fused-ring (bicyclic) bond motifs is 1. The molecule has 3 rings (SSSR count).